The molecule has 2 nitrogen and oxygen atoms in total. The van der Waals surface area contributed by atoms with Crippen LogP contribution in [0.1, 0.15) is 6.92 Å². The number of rotatable bonds is 5. The number of nitrogens with zero attached hydrogens (tertiary/aromatic N) is 1. The van der Waals surface area contributed by atoms with Gasteiger partial charge < -0.3 is 0 Å². The van der Waals surface area contributed by atoms with Gasteiger partial charge in [0.1, 0.15) is 0 Å². The predicted molar refractivity (Wildman–Crippen MR) is 56.4 cm³/mol. The first-order valence-corrected chi connectivity index (χ1v) is 5.28. The second-order valence-corrected chi connectivity index (χ2v) is 3.59. The summed E-state index contributed by atoms with van der Waals surface area (Å²) in [5.41, 5.74) is 0.0963. The molecule has 1 unspecified atom stereocenters. The maximum atomic E-state index is 13.1. The highest BCUT2D eigenvalue weighted by Crippen LogP contribution is 2.36. The topological polar surface area (TPSA) is 12.5 Å². The van der Waals surface area contributed by atoms with Gasteiger partial charge in [0.25, 0.3) is 6.17 Å². The van der Waals surface area contributed by atoms with Crippen LogP contribution in [-0.2, 0) is 4.84 Å². The van der Waals surface area contributed by atoms with Crippen LogP contribution in [0.4, 0.5) is 32.0 Å². The largest absolute Gasteiger partial charge is 0.428 e. The lowest BCUT2D eigenvalue weighted by Gasteiger charge is -2.29. The van der Waals surface area contributed by atoms with Crippen LogP contribution in [-0.4, -0.2) is 25.0 Å². The lowest BCUT2D eigenvalue weighted by Crippen LogP contribution is -2.47. The van der Waals surface area contributed by atoms with Gasteiger partial charge in [0.05, 0.1) is 5.69 Å². The van der Waals surface area contributed by atoms with E-state index in [1.165, 1.54) is 31.2 Å². The highest BCUT2D eigenvalue weighted by Gasteiger charge is 2.59. The van der Waals surface area contributed by atoms with E-state index in [0.29, 0.717) is 5.06 Å². The van der Waals surface area contributed by atoms with Gasteiger partial charge in [-0.3, -0.25) is 0 Å². The standard InChI is InChI=1S/C11H11F6NO/c1-2-18(8-6-4-3-5-7-8)19-11(16,17)9(12)10(13,14)15/h3-7,9H,2H2,1H3. The van der Waals surface area contributed by atoms with E-state index < -0.39 is 18.5 Å². The number of anilines is 1. The van der Waals surface area contributed by atoms with E-state index in [-0.39, 0.29) is 12.2 Å². The Bertz CT molecular complexity index is 394. The van der Waals surface area contributed by atoms with Crippen molar-refractivity contribution >= 4 is 5.69 Å². The second kappa shape index (κ2) is 5.68. The Morgan fingerprint density at radius 2 is 1.63 bits per heavy atom. The fraction of sp³-hybridized carbons (Fsp3) is 0.455. The molecule has 0 N–H and O–H groups in total. The third kappa shape index (κ3) is 4.02. The summed E-state index contributed by atoms with van der Waals surface area (Å²) in [6.07, 6.45) is -15.1. The molecule has 1 rings (SSSR count). The van der Waals surface area contributed by atoms with Gasteiger partial charge in [0.2, 0.25) is 0 Å². The number of alkyl halides is 6. The molecule has 1 aromatic rings. The first-order chi connectivity index (χ1) is 8.68. The minimum absolute atomic E-state index is 0.0963. The Morgan fingerprint density at radius 1 is 1.11 bits per heavy atom. The molecule has 1 aromatic carbocycles. The van der Waals surface area contributed by atoms with Crippen molar-refractivity contribution in [2.45, 2.75) is 25.4 Å². The molecule has 0 saturated heterocycles. The second-order valence-electron chi connectivity index (χ2n) is 3.59. The molecule has 0 heterocycles. The predicted octanol–water partition coefficient (Wildman–Crippen LogP) is 3.94. The third-order valence-corrected chi connectivity index (χ3v) is 2.15. The molecule has 0 spiro atoms. The van der Waals surface area contributed by atoms with E-state index in [4.69, 9.17) is 0 Å². The van der Waals surface area contributed by atoms with Gasteiger partial charge in [-0.15, -0.1) is 0 Å². The van der Waals surface area contributed by atoms with Crippen molar-refractivity contribution in [3.05, 3.63) is 30.3 Å². The summed E-state index contributed by atoms with van der Waals surface area (Å²) in [6, 6.07) is 7.25. The molecule has 19 heavy (non-hydrogen) atoms. The van der Waals surface area contributed by atoms with Crippen LogP contribution in [0.25, 0.3) is 0 Å². The fourth-order valence-corrected chi connectivity index (χ4v) is 1.28. The van der Waals surface area contributed by atoms with Crippen LogP contribution < -0.4 is 5.06 Å². The van der Waals surface area contributed by atoms with Gasteiger partial charge in [-0.05, 0) is 19.1 Å². The molecular formula is C11H11F6NO. The SMILES string of the molecule is CCN(OC(F)(F)C(F)C(F)(F)F)c1ccccc1. The molecule has 0 aliphatic rings. The van der Waals surface area contributed by atoms with Crippen LogP contribution in [0.15, 0.2) is 30.3 Å². The Balaban J connectivity index is 2.86. The van der Waals surface area contributed by atoms with E-state index in [1.54, 1.807) is 6.07 Å². The van der Waals surface area contributed by atoms with Gasteiger partial charge in [0.15, 0.2) is 0 Å². The smallest absolute Gasteiger partial charge is 0.248 e. The average molecular weight is 287 g/mol. The molecule has 0 fully saturated rings. The average Bonchev–Trinajstić information content (AvgIpc) is 2.35. The Kier molecular flexibility index (Phi) is 4.67. The highest BCUT2D eigenvalue weighted by molar-refractivity contribution is 5.43. The number of hydroxylamine groups is 1. The highest BCUT2D eigenvalue weighted by atomic mass is 19.4. The lowest BCUT2D eigenvalue weighted by atomic mass is 10.3. The Morgan fingerprint density at radius 3 is 2.05 bits per heavy atom. The molecule has 0 radical (unpaired) electrons. The zero-order valence-corrected chi connectivity index (χ0v) is 9.79. The molecule has 0 saturated carbocycles. The van der Waals surface area contributed by atoms with Crippen LogP contribution in [0.2, 0.25) is 0 Å². The summed E-state index contributed by atoms with van der Waals surface area (Å²) >= 11 is 0. The molecule has 0 aliphatic carbocycles. The van der Waals surface area contributed by atoms with Crippen LogP contribution >= 0.6 is 0 Å². The quantitative estimate of drug-likeness (QED) is 0.601. The molecule has 8 heteroatoms. The van der Waals surface area contributed by atoms with E-state index in [9.17, 15) is 26.3 Å². The minimum Gasteiger partial charge on any atom is -0.248 e. The molecule has 0 aliphatic heterocycles. The van der Waals surface area contributed by atoms with Crippen LogP contribution in [0.5, 0.6) is 0 Å². The molecule has 0 amide bonds. The Labute approximate surface area is 105 Å². The zero-order valence-electron chi connectivity index (χ0n) is 9.79. The summed E-state index contributed by atoms with van der Waals surface area (Å²) in [7, 11) is 0. The summed E-state index contributed by atoms with van der Waals surface area (Å²) < 4.78 is 74.7. The van der Waals surface area contributed by atoms with E-state index in [1.807, 2.05) is 0 Å². The monoisotopic (exact) mass is 287 g/mol. The third-order valence-electron chi connectivity index (χ3n) is 2.15. The van der Waals surface area contributed by atoms with Gasteiger partial charge in [0, 0.05) is 6.54 Å². The lowest BCUT2D eigenvalue weighted by molar-refractivity contribution is -0.339. The summed E-state index contributed by atoms with van der Waals surface area (Å²) in [5, 5.41) is 0.498. The van der Waals surface area contributed by atoms with E-state index in [0.717, 1.165) is 0 Å². The van der Waals surface area contributed by atoms with Crippen molar-refractivity contribution in [1.82, 2.24) is 0 Å². The molecular weight excluding hydrogens is 276 g/mol. The van der Waals surface area contributed by atoms with Gasteiger partial charge in [-0.25, -0.2) is 9.45 Å². The van der Waals surface area contributed by atoms with E-state index >= 15 is 0 Å². The summed E-state index contributed by atoms with van der Waals surface area (Å²) in [4.78, 5) is 3.87. The molecule has 0 bridgehead atoms. The van der Waals surface area contributed by atoms with Crippen LogP contribution in [0.3, 0.4) is 0 Å². The fourth-order valence-electron chi connectivity index (χ4n) is 1.28. The van der Waals surface area contributed by atoms with Crippen molar-refractivity contribution in [1.29, 1.82) is 0 Å². The first-order valence-electron chi connectivity index (χ1n) is 5.28. The maximum Gasteiger partial charge on any atom is 0.428 e. The summed E-state index contributed by atoms with van der Waals surface area (Å²) in [6.45, 7) is 1.20. The Hall–Kier alpha value is -1.44. The number of halogens is 6. The minimum atomic E-state index is -5.69. The molecule has 0 aromatic heterocycles. The van der Waals surface area contributed by atoms with Crippen molar-refractivity contribution in [3.63, 3.8) is 0 Å². The van der Waals surface area contributed by atoms with Crippen molar-refractivity contribution in [2.24, 2.45) is 0 Å². The van der Waals surface area contributed by atoms with Gasteiger partial charge in [-0.1, -0.05) is 18.2 Å². The normalized spacial score (nSPS) is 14.3. The first kappa shape index (κ1) is 15.6. The molecule has 1 atom stereocenters. The van der Waals surface area contributed by atoms with Crippen molar-refractivity contribution < 1.29 is 31.2 Å². The van der Waals surface area contributed by atoms with Crippen molar-refractivity contribution in [2.75, 3.05) is 11.6 Å². The maximum absolute atomic E-state index is 13.1. The number of hydrogen-bond donors (Lipinski definition) is 0. The van der Waals surface area contributed by atoms with Crippen LogP contribution in [0, 0.1) is 0 Å². The molecule has 108 valence electrons. The van der Waals surface area contributed by atoms with Gasteiger partial charge >= 0.3 is 12.3 Å². The number of hydrogen-bond acceptors (Lipinski definition) is 2. The number of para-hydroxylation sites is 1. The van der Waals surface area contributed by atoms with Crippen molar-refractivity contribution in [3.8, 4) is 0 Å². The van der Waals surface area contributed by atoms with E-state index in [2.05, 4.69) is 4.84 Å². The zero-order chi connectivity index (χ0) is 14.7. The summed E-state index contributed by atoms with van der Waals surface area (Å²) in [5.74, 6) is 0. The number of benzene rings is 1. The van der Waals surface area contributed by atoms with Gasteiger partial charge in [-0.2, -0.15) is 26.8 Å².